The highest BCUT2D eigenvalue weighted by Gasteiger charge is 2.29. The van der Waals surface area contributed by atoms with Gasteiger partial charge < -0.3 is 19.3 Å². The molecular formula is C18H20FN3O3S. The van der Waals surface area contributed by atoms with Crippen molar-refractivity contribution in [2.75, 3.05) is 18.0 Å². The molecule has 1 saturated heterocycles. The minimum atomic E-state index is -0.492. The molecule has 0 radical (unpaired) electrons. The van der Waals surface area contributed by atoms with E-state index in [4.69, 9.17) is 9.26 Å². The van der Waals surface area contributed by atoms with Crippen LogP contribution in [0.4, 0.5) is 10.1 Å². The van der Waals surface area contributed by atoms with Crippen molar-refractivity contribution in [3.63, 3.8) is 0 Å². The summed E-state index contributed by atoms with van der Waals surface area (Å²) in [5, 5.41) is 14.5. The van der Waals surface area contributed by atoms with Gasteiger partial charge in [-0.1, -0.05) is 5.16 Å². The number of ether oxygens (including phenoxy) is 1. The van der Waals surface area contributed by atoms with Crippen LogP contribution in [0, 0.1) is 12.7 Å². The van der Waals surface area contributed by atoms with Crippen LogP contribution in [0.25, 0.3) is 21.5 Å². The summed E-state index contributed by atoms with van der Waals surface area (Å²) >= 11 is 1.43. The van der Waals surface area contributed by atoms with Gasteiger partial charge in [-0.3, -0.25) is 0 Å². The molecule has 1 aliphatic heterocycles. The first-order valence-corrected chi connectivity index (χ1v) is 9.40. The topological polar surface area (TPSA) is 71.6 Å². The van der Waals surface area contributed by atoms with E-state index in [1.54, 1.807) is 11.6 Å². The van der Waals surface area contributed by atoms with Crippen molar-refractivity contribution in [3.05, 3.63) is 28.7 Å². The zero-order valence-electron chi connectivity index (χ0n) is 14.8. The van der Waals surface area contributed by atoms with Crippen LogP contribution in [0.5, 0.6) is 0 Å². The maximum absolute atomic E-state index is 15.4. The number of morpholine rings is 1. The molecule has 0 bridgehead atoms. The maximum atomic E-state index is 15.4. The molecule has 6 nitrogen and oxygen atoms in total. The quantitative estimate of drug-likeness (QED) is 0.753. The van der Waals surface area contributed by atoms with E-state index in [9.17, 15) is 5.11 Å². The minimum absolute atomic E-state index is 0.0227. The van der Waals surface area contributed by atoms with Gasteiger partial charge in [-0.15, -0.1) is 11.3 Å². The second kappa shape index (κ2) is 6.61. The summed E-state index contributed by atoms with van der Waals surface area (Å²) in [5.41, 5.74) is 4.08. The number of aryl methyl sites for hydroxylation is 1. The number of thiazole rings is 1. The maximum Gasteiger partial charge on any atom is 0.205 e. The Morgan fingerprint density at radius 2 is 2.08 bits per heavy atom. The average molecular weight is 377 g/mol. The van der Waals surface area contributed by atoms with Crippen LogP contribution in [0.15, 0.2) is 16.1 Å². The Morgan fingerprint density at radius 1 is 1.35 bits per heavy atom. The number of rotatable bonds is 3. The fourth-order valence-corrected chi connectivity index (χ4v) is 4.39. The smallest absolute Gasteiger partial charge is 0.205 e. The highest BCUT2D eigenvalue weighted by molar-refractivity contribution is 7.13. The molecule has 2 unspecified atom stereocenters. The fourth-order valence-electron chi connectivity index (χ4n) is 3.60. The number of aliphatic hydroxyl groups excluding tert-OH is 1. The molecule has 0 aliphatic carbocycles. The van der Waals surface area contributed by atoms with Crippen molar-refractivity contribution in [1.82, 2.24) is 10.1 Å². The van der Waals surface area contributed by atoms with Gasteiger partial charge in [-0.2, -0.15) is 0 Å². The van der Waals surface area contributed by atoms with Crippen LogP contribution >= 0.6 is 11.3 Å². The molecule has 3 aromatic rings. The number of halogens is 1. The molecule has 8 heteroatoms. The predicted molar refractivity (Wildman–Crippen MR) is 98.0 cm³/mol. The van der Waals surface area contributed by atoms with Gasteiger partial charge in [-0.05, 0) is 26.8 Å². The molecule has 1 N–H and O–H groups in total. The molecule has 1 aromatic carbocycles. The third kappa shape index (κ3) is 2.78. The SMILES string of the molecule is Cc1ncsc1-c1noc2c(F)c(N3CC(C)OC(C)C3)c(CO)cc12. The molecule has 2 aromatic heterocycles. The van der Waals surface area contributed by atoms with Crippen LogP contribution < -0.4 is 4.90 Å². The third-order valence-corrected chi connectivity index (χ3v) is 5.56. The van der Waals surface area contributed by atoms with Crippen LogP contribution in [0.2, 0.25) is 0 Å². The molecule has 3 heterocycles. The molecule has 1 aliphatic rings. The highest BCUT2D eigenvalue weighted by Crippen LogP contribution is 2.39. The molecule has 0 spiro atoms. The average Bonchev–Trinajstić information content (AvgIpc) is 3.19. The van der Waals surface area contributed by atoms with Gasteiger partial charge in [0.15, 0.2) is 5.82 Å². The summed E-state index contributed by atoms with van der Waals surface area (Å²) in [6, 6.07) is 1.77. The second-order valence-electron chi connectivity index (χ2n) is 6.69. The first-order chi connectivity index (χ1) is 12.5. The number of aromatic nitrogens is 2. The van der Waals surface area contributed by atoms with Crippen molar-refractivity contribution in [3.8, 4) is 10.6 Å². The number of fused-ring (bicyclic) bond motifs is 1. The molecule has 0 saturated carbocycles. The Bertz CT molecular complexity index is 945. The predicted octanol–water partition coefficient (Wildman–Crippen LogP) is 3.50. The lowest BCUT2D eigenvalue weighted by molar-refractivity contribution is -0.00549. The van der Waals surface area contributed by atoms with Gasteiger partial charge in [0.05, 0.1) is 46.0 Å². The number of hydrogen-bond donors (Lipinski definition) is 1. The van der Waals surface area contributed by atoms with Crippen molar-refractivity contribution in [2.24, 2.45) is 0 Å². The first kappa shape index (κ1) is 17.4. The zero-order chi connectivity index (χ0) is 18.4. The molecule has 26 heavy (non-hydrogen) atoms. The van der Waals surface area contributed by atoms with E-state index < -0.39 is 5.82 Å². The van der Waals surface area contributed by atoms with E-state index in [1.807, 2.05) is 25.7 Å². The van der Waals surface area contributed by atoms with Crippen LogP contribution in [-0.2, 0) is 11.3 Å². The Kier molecular flexibility index (Phi) is 4.42. The van der Waals surface area contributed by atoms with Crippen molar-refractivity contribution < 1.29 is 18.8 Å². The Balaban J connectivity index is 1.88. The number of benzene rings is 1. The Hall–Kier alpha value is -2.03. The lowest BCUT2D eigenvalue weighted by Crippen LogP contribution is -2.46. The van der Waals surface area contributed by atoms with Gasteiger partial charge in [0.1, 0.15) is 5.69 Å². The molecule has 2 atom stereocenters. The lowest BCUT2D eigenvalue weighted by Gasteiger charge is -2.37. The fraction of sp³-hybridized carbons (Fsp3) is 0.444. The summed E-state index contributed by atoms with van der Waals surface area (Å²) in [7, 11) is 0. The highest BCUT2D eigenvalue weighted by atomic mass is 32.1. The lowest BCUT2D eigenvalue weighted by atomic mass is 10.0. The number of hydrogen-bond acceptors (Lipinski definition) is 7. The summed E-state index contributed by atoms with van der Waals surface area (Å²) in [4.78, 5) is 6.98. The Labute approximate surface area is 154 Å². The van der Waals surface area contributed by atoms with Crippen molar-refractivity contribution >= 4 is 28.0 Å². The largest absolute Gasteiger partial charge is 0.392 e. The van der Waals surface area contributed by atoms with E-state index in [0.29, 0.717) is 35.4 Å². The van der Waals surface area contributed by atoms with Gasteiger partial charge in [0.25, 0.3) is 0 Å². The number of nitrogens with zero attached hydrogens (tertiary/aromatic N) is 3. The van der Waals surface area contributed by atoms with E-state index >= 15 is 4.39 Å². The molecular weight excluding hydrogens is 357 g/mol. The van der Waals surface area contributed by atoms with Crippen molar-refractivity contribution in [1.29, 1.82) is 0 Å². The Morgan fingerprint density at radius 3 is 2.69 bits per heavy atom. The minimum Gasteiger partial charge on any atom is -0.392 e. The van der Waals surface area contributed by atoms with Gasteiger partial charge in [0, 0.05) is 18.7 Å². The molecule has 0 amide bonds. The summed E-state index contributed by atoms with van der Waals surface area (Å²) in [6.07, 6.45) is -0.0453. The molecule has 1 fully saturated rings. The van der Waals surface area contributed by atoms with E-state index in [-0.39, 0.29) is 24.4 Å². The van der Waals surface area contributed by atoms with Crippen LogP contribution in [-0.4, -0.2) is 40.5 Å². The standard InChI is InChI=1S/C18H20FN3O3S/c1-9-5-22(6-10(2)24-9)16-12(7-23)4-13-15(18-11(3)20-8-26-18)21-25-17(13)14(16)19/h4,8-10,23H,5-7H2,1-3H3. The molecule has 4 rings (SSSR count). The van der Waals surface area contributed by atoms with Crippen molar-refractivity contribution in [2.45, 2.75) is 39.6 Å². The number of aliphatic hydroxyl groups is 1. The first-order valence-electron chi connectivity index (χ1n) is 8.52. The molecule has 138 valence electrons. The van der Waals surface area contributed by atoms with E-state index in [1.165, 1.54) is 11.3 Å². The normalized spacial score (nSPS) is 20.9. The van der Waals surface area contributed by atoms with Crippen LogP contribution in [0.3, 0.4) is 0 Å². The third-order valence-electron chi connectivity index (χ3n) is 4.62. The number of anilines is 1. The van der Waals surface area contributed by atoms with E-state index in [2.05, 4.69) is 10.1 Å². The zero-order valence-corrected chi connectivity index (χ0v) is 15.6. The van der Waals surface area contributed by atoms with Gasteiger partial charge in [-0.25, -0.2) is 9.37 Å². The monoisotopic (exact) mass is 377 g/mol. The van der Waals surface area contributed by atoms with Gasteiger partial charge in [0.2, 0.25) is 5.58 Å². The summed E-state index contributed by atoms with van der Waals surface area (Å²) in [5.74, 6) is -0.492. The summed E-state index contributed by atoms with van der Waals surface area (Å²) in [6.45, 7) is 6.62. The van der Waals surface area contributed by atoms with Crippen LogP contribution in [0.1, 0.15) is 25.1 Å². The van der Waals surface area contributed by atoms with Gasteiger partial charge >= 0.3 is 0 Å². The van der Waals surface area contributed by atoms with E-state index in [0.717, 1.165) is 10.6 Å². The second-order valence-corrected chi connectivity index (χ2v) is 7.55. The summed E-state index contributed by atoms with van der Waals surface area (Å²) < 4.78 is 26.5.